The Kier molecular flexibility index (Phi) is 44.5. The Hall–Kier alpha value is -3.80. The molecule has 17 heteroatoms. The molecule has 0 saturated heterocycles. The number of amides is 3. The minimum Gasteiger partial charge on any atom is -0.481 e. The van der Waals surface area contributed by atoms with Crippen LogP contribution in [0.3, 0.4) is 0 Å². The van der Waals surface area contributed by atoms with E-state index in [0.29, 0.717) is 71.8 Å². The highest BCUT2D eigenvalue weighted by Gasteiger charge is 2.26. The molecule has 0 aliphatic heterocycles. The zero-order valence-electron chi connectivity index (χ0n) is 43.0. The van der Waals surface area contributed by atoms with Gasteiger partial charge >= 0.3 is 11.9 Å². The van der Waals surface area contributed by atoms with Crippen molar-refractivity contribution in [2.45, 2.75) is 202 Å². The van der Waals surface area contributed by atoms with Crippen LogP contribution in [0, 0.1) is 11.3 Å². The number of aliphatic carboxylic acids is 2. The molecule has 0 aliphatic carbocycles. The topological polar surface area (TPSA) is 250 Å². The third kappa shape index (κ3) is 46.0. The second-order valence-corrected chi connectivity index (χ2v) is 18.4. The zero-order chi connectivity index (χ0) is 51.3. The van der Waals surface area contributed by atoms with Crippen molar-refractivity contribution in [2.75, 3.05) is 65.9 Å². The normalized spacial score (nSPS) is 12.0. The minimum atomic E-state index is -1.10. The molecule has 0 fully saturated rings. The van der Waals surface area contributed by atoms with Gasteiger partial charge in [0.2, 0.25) is 17.7 Å². The maximum absolute atomic E-state index is 12.2. The number of ether oxygens (including phenoxy) is 4. The summed E-state index contributed by atoms with van der Waals surface area (Å²) >= 11 is 0. The number of nitrogens with one attached hydrogen (secondary N) is 3. The van der Waals surface area contributed by atoms with Crippen LogP contribution in [0.25, 0.3) is 0 Å². The van der Waals surface area contributed by atoms with E-state index in [0.717, 1.165) is 57.8 Å². The van der Waals surface area contributed by atoms with Crippen molar-refractivity contribution < 1.29 is 68.9 Å². The lowest BCUT2D eigenvalue weighted by Crippen LogP contribution is -2.41. The zero-order valence-corrected chi connectivity index (χ0v) is 43.0. The number of ketones is 3. The van der Waals surface area contributed by atoms with Gasteiger partial charge in [-0.05, 0) is 59.3 Å². The predicted molar refractivity (Wildman–Crippen MR) is 264 cm³/mol. The van der Waals surface area contributed by atoms with Crippen molar-refractivity contribution in [2.24, 2.45) is 11.3 Å². The molecule has 0 rings (SSSR count). The third-order valence-corrected chi connectivity index (χ3v) is 11.1. The summed E-state index contributed by atoms with van der Waals surface area (Å²) < 4.78 is 20.7. The Balaban J connectivity index is -0.00000125. The van der Waals surface area contributed by atoms with Crippen molar-refractivity contribution >= 4 is 47.0 Å². The van der Waals surface area contributed by atoms with Crippen LogP contribution in [0.4, 0.5) is 0 Å². The standard InChI is InChI=1S/C28H51NO7.C23H42N2O7.H2/c1-2-36-23-17-18-24(30)21-22-25(28(34)35)29-26(31)19-15-13-11-9-7-5-3-4-6-8-10-12-14-16-20-27(32)33;1-6-30-16-21(28)25-11-12-31-13-14-32-17-22(29)24-10-8-7-9-19(18(2)26)15-20(27)23(3,4)5;/h25H,2-23H2,1H3,(H,29,31)(H,32,33)(H,34,35);19H,6-17H2,1-5H3,(H,24,29)(H,25,28);1H/t25-;19-;/m01./s1. The largest absolute Gasteiger partial charge is 0.481 e. The summed E-state index contributed by atoms with van der Waals surface area (Å²) in [5, 5.41) is 25.9. The molecule has 5 N–H and O–H groups in total. The first-order chi connectivity index (χ1) is 32.4. The summed E-state index contributed by atoms with van der Waals surface area (Å²) in [5.41, 5.74) is -0.438. The summed E-state index contributed by atoms with van der Waals surface area (Å²) in [6.07, 6.45) is 19.9. The number of hydrogen-bond donors (Lipinski definition) is 5. The van der Waals surface area contributed by atoms with Crippen LogP contribution in [-0.2, 0) is 57.3 Å². The number of carbonyl (C=O) groups is 8. The van der Waals surface area contributed by atoms with Crippen LogP contribution in [0.1, 0.15) is 197 Å². The lowest BCUT2D eigenvalue weighted by Gasteiger charge is -2.20. The number of hydrogen-bond acceptors (Lipinski definition) is 12. The Labute approximate surface area is 409 Å². The van der Waals surface area contributed by atoms with Crippen molar-refractivity contribution in [3.8, 4) is 0 Å². The molecule has 0 aliphatic rings. The number of carboxylic acids is 2. The molecule has 0 aromatic rings. The second kappa shape index (κ2) is 45.6. The Morgan fingerprint density at radius 2 is 1.03 bits per heavy atom. The van der Waals surface area contributed by atoms with Gasteiger partial charge in [0.15, 0.2) is 0 Å². The van der Waals surface area contributed by atoms with E-state index in [1.54, 1.807) is 0 Å². The van der Waals surface area contributed by atoms with E-state index in [4.69, 9.17) is 24.1 Å². The van der Waals surface area contributed by atoms with Gasteiger partial charge in [-0.25, -0.2) is 4.79 Å². The van der Waals surface area contributed by atoms with Gasteiger partial charge in [0, 0.05) is 77.8 Å². The smallest absolute Gasteiger partial charge is 0.326 e. The monoisotopic (exact) mass is 974 g/mol. The van der Waals surface area contributed by atoms with Gasteiger partial charge in [-0.3, -0.25) is 33.6 Å². The second-order valence-electron chi connectivity index (χ2n) is 18.4. The van der Waals surface area contributed by atoms with Crippen LogP contribution < -0.4 is 16.0 Å². The average molecular weight is 974 g/mol. The molecule has 0 aromatic heterocycles. The van der Waals surface area contributed by atoms with Crippen LogP contribution in [0.15, 0.2) is 0 Å². The van der Waals surface area contributed by atoms with Gasteiger partial charge in [0.05, 0.1) is 19.8 Å². The fourth-order valence-corrected chi connectivity index (χ4v) is 6.82. The third-order valence-electron chi connectivity index (χ3n) is 11.1. The lowest BCUT2D eigenvalue weighted by molar-refractivity contribution is -0.142. The molecular formula is C51H95N3O14. The van der Waals surface area contributed by atoms with Crippen molar-refractivity contribution in [3.05, 3.63) is 0 Å². The van der Waals surface area contributed by atoms with Gasteiger partial charge in [-0.1, -0.05) is 104 Å². The molecule has 3 amide bonds. The highest BCUT2D eigenvalue weighted by molar-refractivity contribution is 5.89. The Bertz CT molecular complexity index is 1380. The van der Waals surface area contributed by atoms with Crippen LogP contribution in [0.5, 0.6) is 0 Å². The van der Waals surface area contributed by atoms with E-state index in [-0.39, 0.29) is 87.9 Å². The van der Waals surface area contributed by atoms with Gasteiger partial charge in [0.25, 0.3) is 0 Å². The van der Waals surface area contributed by atoms with Gasteiger partial charge in [-0.15, -0.1) is 0 Å². The highest BCUT2D eigenvalue weighted by atomic mass is 16.5. The fraction of sp³-hybridized carbons (Fsp3) is 0.843. The quantitative estimate of drug-likeness (QED) is 0.0363. The lowest BCUT2D eigenvalue weighted by atomic mass is 9.82. The van der Waals surface area contributed by atoms with Gasteiger partial charge in [0.1, 0.15) is 36.6 Å². The molecule has 0 saturated carbocycles. The molecule has 17 nitrogen and oxygen atoms in total. The number of carboxylic acid groups (broad SMARTS) is 2. The van der Waals surface area contributed by atoms with E-state index >= 15 is 0 Å². The summed E-state index contributed by atoms with van der Waals surface area (Å²) in [6.45, 7) is 14.3. The van der Waals surface area contributed by atoms with Crippen LogP contribution in [-0.4, -0.2) is 129 Å². The first kappa shape index (κ1) is 66.3. The van der Waals surface area contributed by atoms with E-state index in [2.05, 4.69) is 16.0 Å². The number of unbranched alkanes of at least 4 members (excludes halogenated alkanes) is 14. The summed E-state index contributed by atoms with van der Waals surface area (Å²) in [7, 11) is 0. The maximum atomic E-state index is 12.2. The molecule has 0 unspecified atom stereocenters. The molecule has 68 heavy (non-hydrogen) atoms. The summed E-state index contributed by atoms with van der Waals surface area (Å²) in [4.78, 5) is 92.9. The van der Waals surface area contributed by atoms with E-state index in [1.165, 1.54) is 51.9 Å². The molecule has 398 valence electrons. The number of rotatable bonds is 46. The van der Waals surface area contributed by atoms with E-state index in [1.807, 2.05) is 34.6 Å². The number of carbonyl (C=O) groups excluding carboxylic acids is 6. The SMILES string of the molecule is CCOCC(=O)NCCOCCOCC(=O)NCCCC[C@H](CC(=O)C(C)(C)C)C(C)=O.CCOCCCC(=O)CC[C@H](NC(=O)CCCCCCCCCCCCCCCCC(=O)O)C(=O)O.[HH]. The first-order valence-electron chi connectivity index (χ1n) is 25.6. The van der Waals surface area contributed by atoms with Crippen LogP contribution in [0.2, 0.25) is 0 Å². The van der Waals surface area contributed by atoms with Gasteiger partial charge in [-0.2, -0.15) is 0 Å². The molecule has 0 aromatic carbocycles. The van der Waals surface area contributed by atoms with E-state index < -0.39 is 23.4 Å². The highest BCUT2D eigenvalue weighted by Crippen LogP contribution is 2.23. The summed E-state index contributed by atoms with van der Waals surface area (Å²) in [6, 6.07) is -1.01. The number of Topliss-reactive ketones (excluding diaryl/α,β-unsaturated/α-hetero) is 3. The molecule has 0 bridgehead atoms. The van der Waals surface area contributed by atoms with Crippen molar-refractivity contribution in [3.63, 3.8) is 0 Å². The molecule has 0 radical (unpaired) electrons. The van der Waals surface area contributed by atoms with Crippen molar-refractivity contribution in [1.82, 2.24) is 16.0 Å². The fourth-order valence-electron chi connectivity index (χ4n) is 6.82. The van der Waals surface area contributed by atoms with Crippen LogP contribution >= 0.6 is 0 Å². The average Bonchev–Trinajstić information content (AvgIpc) is 3.28. The molecular weight excluding hydrogens is 879 g/mol. The molecule has 2 atom stereocenters. The predicted octanol–water partition coefficient (Wildman–Crippen LogP) is 7.96. The van der Waals surface area contributed by atoms with E-state index in [9.17, 15) is 43.5 Å². The Morgan fingerprint density at radius 1 is 0.515 bits per heavy atom. The maximum Gasteiger partial charge on any atom is 0.326 e. The molecule has 0 heterocycles. The minimum absolute atomic E-state index is 0. The van der Waals surface area contributed by atoms with Crippen molar-refractivity contribution in [1.29, 1.82) is 0 Å². The summed E-state index contributed by atoms with van der Waals surface area (Å²) in [5.74, 6) is -2.56. The van der Waals surface area contributed by atoms with Gasteiger partial charge < -0.3 is 45.1 Å². The first-order valence-corrected chi connectivity index (χ1v) is 25.6. The Morgan fingerprint density at radius 3 is 1.54 bits per heavy atom. The molecule has 0 spiro atoms.